The van der Waals surface area contributed by atoms with Crippen LogP contribution in [0.4, 0.5) is 0 Å². The van der Waals surface area contributed by atoms with E-state index in [1.165, 1.54) is 19.0 Å². The van der Waals surface area contributed by atoms with E-state index in [1.807, 2.05) is 24.3 Å². The minimum absolute atomic E-state index is 0.0758. The molecule has 1 unspecified atom stereocenters. The number of benzene rings is 1. The molecule has 1 atom stereocenters. The van der Waals surface area contributed by atoms with Crippen molar-refractivity contribution in [3.05, 3.63) is 57.6 Å². The molecule has 5 nitrogen and oxygen atoms in total. The molecule has 1 aromatic heterocycles. The number of carbonyl (C=O) groups is 1. The monoisotopic (exact) mass is 378 g/mol. The van der Waals surface area contributed by atoms with E-state index in [-0.39, 0.29) is 22.7 Å². The highest BCUT2D eigenvalue weighted by molar-refractivity contribution is 6.33. The highest BCUT2D eigenvalue weighted by Crippen LogP contribution is 2.26. The second-order valence-electron chi connectivity index (χ2n) is 6.14. The SMILES string of the molecule is Cc1ncc(Cl)c(C(=O)NCC(c2cccc(Cl)c2)N2CCCC2)n1. The Hall–Kier alpha value is -1.69. The van der Waals surface area contributed by atoms with Gasteiger partial charge in [-0.15, -0.1) is 0 Å². The second-order valence-corrected chi connectivity index (χ2v) is 6.98. The van der Waals surface area contributed by atoms with Gasteiger partial charge in [-0.3, -0.25) is 9.69 Å². The van der Waals surface area contributed by atoms with Gasteiger partial charge in [0.15, 0.2) is 0 Å². The van der Waals surface area contributed by atoms with E-state index in [0.717, 1.165) is 18.7 Å². The van der Waals surface area contributed by atoms with Crippen LogP contribution in [0, 0.1) is 6.92 Å². The van der Waals surface area contributed by atoms with Crippen LogP contribution >= 0.6 is 23.2 Å². The molecule has 2 heterocycles. The molecule has 0 bridgehead atoms. The fourth-order valence-corrected chi connectivity index (χ4v) is 3.49. The number of rotatable bonds is 5. The molecule has 3 rings (SSSR count). The second kappa shape index (κ2) is 8.13. The number of aromatic nitrogens is 2. The van der Waals surface area contributed by atoms with Gasteiger partial charge >= 0.3 is 0 Å². The predicted octanol–water partition coefficient (Wildman–Crippen LogP) is 3.66. The molecule has 7 heteroatoms. The van der Waals surface area contributed by atoms with Crippen LogP contribution in [0.1, 0.15) is 40.8 Å². The topological polar surface area (TPSA) is 58.1 Å². The van der Waals surface area contributed by atoms with E-state index in [9.17, 15) is 4.79 Å². The van der Waals surface area contributed by atoms with Crippen molar-refractivity contribution in [1.82, 2.24) is 20.2 Å². The number of nitrogens with one attached hydrogen (secondary N) is 1. The van der Waals surface area contributed by atoms with Gasteiger partial charge in [-0.2, -0.15) is 0 Å². The van der Waals surface area contributed by atoms with Crippen molar-refractivity contribution in [3.63, 3.8) is 0 Å². The Labute approximate surface area is 157 Å². The summed E-state index contributed by atoms with van der Waals surface area (Å²) >= 11 is 12.2. The van der Waals surface area contributed by atoms with Crippen LogP contribution in [0.25, 0.3) is 0 Å². The van der Waals surface area contributed by atoms with Crippen molar-refractivity contribution in [2.75, 3.05) is 19.6 Å². The molecular weight excluding hydrogens is 359 g/mol. The Bertz CT molecular complexity index is 762. The lowest BCUT2D eigenvalue weighted by Gasteiger charge is -2.28. The van der Waals surface area contributed by atoms with Crippen molar-refractivity contribution in [1.29, 1.82) is 0 Å². The Kier molecular flexibility index (Phi) is 5.89. The van der Waals surface area contributed by atoms with Crippen LogP contribution < -0.4 is 5.32 Å². The third kappa shape index (κ3) is 4.48. The zero-order chi connectivity index (χ0) is 17.8. The van der Waals surface area contributed by atoms with Gasteiger partial charge in [0.05, 0.1) is 17.3 Å². The zero-order valence-corrected chi connectivity index (χ0v) is 15.5. The smallest absolute Gasteiger partial charge is 0.271 e. The minimum atomic E-state index is -0.290. The van der Waals surface area contributed by atoms with Crippen molar-refractivity contribution < 1.29 is 4.79 Å². The maximum Gasteiger partial charge on any atom is 0.271 e. The summed E-state index contributed by atoms with van der Waals surface area (Å²) in [6.45, 7) is 4.23. The average molecular weight is 379 g/mol. The average Bonchev–Trinajstić information content (AvgIpc) is 3.11. The molecule has 0 radical (unpaired) electrons. The van der Waals surface area contributed by atoms with Crippen LogP contribution in [0.5, 0.6) is 0 Å². The van der Waals surface area contributed by atoms with Gasteiger partial charge in [-0.05, 0) is 50.6 Å². The van der Waals surface area contributed by atoms with Crippen molar-refractivity contribution in [2.45, 2.75) is 25.8 Å². The van der Waals surface area contributed by atoms with E-state index in [1.54, 1.807) is 6.92 Å². The van der Waals surface area contributed by atoms with Gasteiger partial charge in [0.2, 0.25) is 0 Å². The van der Waals surface area contributed by atoms with Crippen molar-refractivity contribution in [2.24, 2.45) is 0 Å². The number of amides is 1. The first-order chi connectivity index (χ1) is 12.0. The number of likely N-dealkylation sites (tertiary alicyclic amines) is 1. The van der Waals surface area contributed by atoms with Crippen LogP contribution in [-0.4, -0.2) is 40.4 Å². The highest BCUT2D eigenvalue weighted by Gasteiger charge is 2.25. The van der Waals surface area contributed by atoms with Crippen LogP contribution in [0.15, 0.2) is 30.5 Å². The molecule has 1 aromatic carbocycles. The number of hydrogen-bond donors (Lipinski definition) is 1. The van der Waals surface area contributed by atoms with Gasteiger partial charge in [-0.25, -0.2) is 9.97 Å². The zero-order valence-electron chi connectivity index (χ0n) is 14.0. The number of hydrogen-bond acceptors (Lipinski definition) is 4. The summed E-state index contributed by atoms with van der Waals surface area (Å²) < 4.78 is 0. The van der Waals surface area contributed by atoms with Gasteiger partial charge in [0.1, 0.15) is 11.5 Å². The maximum atomic E-state index is 12.5. The minimum Gasteiger partial charge on any atom is -0.349 e. The molecule has 0 spiro atoms. The first-order valence-corrected chi connectivity index (χ1v) is 9.07. The number of halogens is 2. The number of nitrogens with zero attached hydrogens (tertiary/aromatic N) is 3. The molecule has 2 aromatic rings. The third-order valence-corrected chi connectivity index (χ3v) is 4.86. The van der Waals surface area contributed by atoms with Crippen LogP contribution in [-0.2, 0) is 0 Å². The highest BCUT2D eigenvalue weighted by atomic mass is 35.5. The normalized spacial score (nSPS) is 16.0. The van der Waals surface area contributed by atoms with Gasteiger partial charge in [-0.1, -0.05) is 35.3 Å². The van der Waals surface area contributed by atoms with E-state index in [4.69, 9.17) is 23.2 Å². The maximum absolute atomic E-state index is 12.5. The quantitative estimate of drug-likeness (QED) is 0.862. The standard InChI is InChI=1S/C18H20Cl2N4O/c1-12-21-10-15(20)17(23-12)18(25)22-11-16(24-7-2-3-8-24)13-5-4-6-14(19)9-13/h4-6,9-10,16H,2-3,7-8,11H2,1H3,(H,22,25). The lowest BCUT2D eigenvalue weighted by atomic mass is 10.1. The summed E-state index contributed by atoms with van der Waals surface area (Å²) in [6, 6.07) is 7.87. The van der Waals surface area contributed by atoms with Crippen molar-refractivity contribution >= 4 is 29.1 Å². The molecule has 25 heavy (non-hydrogen) atoms. The van der Waals surface area contributed by atoms with Crippen LogP contribution in [0.3, 0.4) is 0 Å². The first-order valence-electron chi connectivity index (χ1n) is 8.31. The fraction of sp³-hybridized carbons (Fsp3) is 0.389. The molecule has 1 fully saturated rings. The van der Waals surface area contributed by atoms with E-state index in [0.29, 0.717) is 17.4 Å². The molecule has 0 aliphatic carbocycles. The summed E-state index contributed by atoms with van der Waals surface area (Å²) in [5, 5.41) is 3.91. The molecule has 1 aliphatic heterocycles. The largest absolute Gasteiger partial charge is 0.349 e. The van der Waals surface area contributed by atoms with Crippen LogP contribution in [0.2, 0.25) is 10.0 Å². The Balaban J connectivity index is 1.76. The molecule has 1 saturated heterocycles. The fourth-order valence-electron chi connectivity index (χ4n) is 3.11. The third-order valence-electron chi connectivity index (χ3n) is 4.35. The Morgan fingerprint density at radius 1 is 1.32 bits per heavy atom. The van der Waals surface area contributed by atoms with Gasteiger partial charge in [0, 0.05) is 11.6 Å². The molecule has 132 valence electrons. The summed E-state index contributed by atoms with van der Waals surface area (Å²) in [6.07, 6.45) is 3.79. The summed E-state index contributed by atoms with van der Waals surface area (Å²) in [5.41, 5.74) is 1.31. The van der Waals surface area contributed by atoms with E-state index in [2.05, 4.69) is 20.2 Å². The van der Waals surface area contributed by atoms with E-state index >= 15 is 0 Å². The molecule has 1 amide bonds. The summed E-state index contributed by atoms with van der Waals surface area (Å²) in [4.78, 5) is 23.0. The molecular formula is C18H20Cl2N4O. The van der Waals surface area contributed by atoms with E-state index < -0.39 is 0 Å². The Morgan fingerprint density at radius 2 is 2.08 bits per heavy atom. The summed E-state index contributed by atoms with van der Waals surface area (Å²) in [7, 11) is 0. The summed E-state index contributed by atoms with van der Waals surface area (Å²) in [5.74, 6) is 0.224. The van der Waals surface area contributed by atoms with Gasteiger partial charge < -0.3 is 5.32 Å². The number of aryl methyl sites for hydroxylation is 1. The lowest BCUT2D eigenvalue weighted by Crippen LogP contribution is -2.37. The van der Waals surface area contributed by atoms with Gasteiger partial charge in [0.25, 0.3) is 5.91 Å². The predicted molar refractivity (Wildman–Crippen MR) is 99.1 cm³/mol. The number of carbonyl (C=O) groups excluding carboxylic acids is 1. The molecule has 0 saturated carbocycles. The first kappa shape index (κ1) is 18.1. The molecule has 1 aliphatic rings. The molecule has 1 N–H and O–H groups in total. The Morgan fingerprint density at radius 3 is 2.80 bits per heavy atom. The lowest BCUT2D eigenvalue weighted by molar-refractivity contribution is 0.0932. The van der Waals surface area contributed by atoms with Crippen molar-refractivity contribution in [3.8, 4) is 0 Å².